The molecular formula is C39H68N2O4+2. The Morgan fingerprint density at radius 1 is 0.511 bits per heavy atom. The summed E-state index contributed by atoms with van der Waals surface area (Å²) in [6.07, 6.45) is 34.8. The van der Waals surface area contributed by atoms with Crippen molar-refractivity contribution in [3.05, 3.63) is 49.1 Å². The maximum absolute atomic E-state index is 10.2. The summed E-state index contributed by atoms with van der Waals surface area (Å²) in [5.74, 6) is 1.48. The van der Waals surface area contributed by atoms with Gasteiger partial charge in [0.25, 0.3) is 0 Å². The topological polar surface area (TPSA) is 66.7 Å². The van der Waals surface area contributed by atoms with Gasteiger partial charge in [0, 0.05) is 25.0 Å². The van der Waals surface area contributed by atoms with Crippen molar-refractivity contribution in [3.63, 3.8) is 0 Å². The van der Waals surface area contributed by atoms with Crippen LogP contribution in [0.2, 0.25) is 0 Å². The fraction of sp³-hybridized carbons (Fsp3) is 0.744. The third kappa shape index (κ3) is 18.5. The molecule has 0 aliphatic rings. The number of hydrogen-bond acceptors (Lipinski definition) is 4. The number of rotatable bonds is 30. The van der Waals surface area contributed by atoms with E-state index >= 15 is 0 Å². The van der Waals surface area contributed by atoms with E-state index in [2.05, 4.69) is 35.4 Å². The number of aliphatic hydroxyl groups is 2. The van der Waals surface area contributed by atoms with E-state index in [0.717, 1.165) is 37.4 Å². The highest BCUT2D eigenvalue weighted by molar-refractivity contribution is 5.14. The van der Waals surface area contributed by atoms with Crippen molar-refractivity contribution >= 4 is 0 Å². The van der Waals surface area contributed by atoms with Crippen LogP contribution in [0.1, 0.15) is 142 Å². The first kappa shape index (κ1) is 39.0. The van der Waals surface area contributed by atoms with Gasteiger partial charge < -0.3 is 19.7 Å². The van der Waals surface area contributed by atoms with E-state index in [1.165, 1.54) is 116 Å². The largest absolute Gasteiger partial charge is 0.487 e. The van der Waals surface area contributed by atoms with Gasteiger partial charge in [0.05, 0.1) is 18.6 Å². The maximum atomic E-state index is 10.2. The smallest absolute Gasteiger partial charge is 0.211 e. The van der Waals surface area contributed by atoms with E-state index in [4.69, 9.17) is 9.47 Å². The molecule has 6 nitrogen and oxygen atoms in total. The molecule has 0 unspecified atom stereocenters. The third-order valence-electron chi connectivity index (χ3n) is 8.96. The molecule has 0 saturated heterocycles. The van der Waals surface area contributed by atoms with Gasteiger partial charge in [0.2, 0.25) is 12.4 Å². The average Bonchev–Trinajstić information content (AvgIpc) is 3.07. The predicted octanol–water partition coefficient (Wildman–Crippen LogP) is 8.53. The van der Waals surface area contributed by atoms with E-state index < -0.39 is 5.41 Å². The van der Waals surface area contributed by atoms with Crippen molar-refractivity contribution in [2.24, 2.45) is 5.41 Å². The summed E-state index contributed by atoms with van der Waals surface area (Å²) in [5.41, 5.74) is -0.894. The summed E-state index contributed by atoms with van der Waals surface area (Å²) in [7, 11) is 0. The van der Waals surface area contributed by atoms with Crippen molar-refractivity contribution in [3.8, 4) is 11.5 Å². The molecule has 0 aliphatic heterocycles. The number of ether oxygens (including phenoxy) is 2. The van der Waals surface area contributed by atoms with Crippen LogP contribution in [0.4, 0.5) is 0 Å². The SMILES string of the molecule is CCCCCCCCCCCC[n+]1cccc(OCC(CO)(CO)COc2ccc[n+](CCCCCCCCCCCC)c2)c1. The molecule has 2 heterocycles. The van der Waals surface area contributed by atoms with Crippen LogP contribution < -0.4 is 18.6 Å². The fourth-order valence-corrected chi connectivity index (χ4v) is 5.76. The van der Waals surface area contributed by atoms with Crippen molar-refractivity contribution in [1.82, 2.24) is 0 Å². The summed E-state index contributed by atoms with van der Waals surface area (Å²) < 4.78 is 16.5. The highest BCUT2D eigenvalue weighted by atomic mass is 16.5. The lowest BCUT2D eigenvalue weighted by atomic mass is 9.92. The Morgan fingerprint density at radius 3 is 1.18 bits per heavy atom. The van der Waals surface area contributed by atoms with Crippen LogP contribution in [0.5, 0.6) is 11.5 Å². The molecule has 0 radical (unpaired) electrons. The Morgan fingerprint density at radius 2 is 0.844 bits per heavy atom. The highest BCUT2D eigenvalue weighted by Gasteiger charge is 2.32. The number of aromatic nitrogens is 2. The molecule has 0 fully saturated rings. The summed E-state index contributed by atoms with van der Waals surface area (Å²) in [6.45, 7) is 6.38. The molecular weight excluding hydrogens is 560 g/mol. The molecule has 2 rings (SSSR count). The quantitative estimate of drug-likeness (QED) is 0.0672. The number of nitrogens with zero attached hydrogens (tertiary/aromatic N) is 2. The van der Waals surface area contributed by atoms with Crippen LogP contribution in [-0.4, -0.2) is 36.6 Å². The molecule has 0 amide bonds. The lowest BCUT2D eigenvalue weighted by Gasteiger charge is -2.29. The van der Waals surface area contributed by atoms with Crippen molar-refractivity contribution in [2.45, 2.75) is 155 Å². The van der Waals surface area contributed by atoms with Crippen LogP contribution in [0, 0.1) is 5.41 Å². The number of aliphatic hydroxyl groups excluding tert-OH is 2. The molecule has 0 aliphatic carbocycles. The van der Waals surface area contributed by atoms with E-state index in [1.807, 2.05) is 36.7 Å². The molecule has 2 aromatic rings. The van der Waals surface area contributed by atoms with Gasteiger partial charge in [-0.05, 0) is 25.0 Å². The van der Waals surface area contributed by atoms with Gasteiger partial charge in [-0.1, -0.05) is 117 Å². The minimum Gasteiger partial charge on any atom is -0.487 e. The van der Waals surface area contributed by atoms with Crippen LogP contribution in [0.25, 0.3) is 0 Å². The number of unbranched alkanes of at least 4 members (excludes halogenated alkanes) is 18. The Balaban J connectivity index is 1.68. The van der Waals surface area contributed by atoms with Crippen molar-refractivity contribution in [2.75, 3.05) is 26.4 Å². The normalized spacial score (nSPS) is 11.6. The first-order valence-electron chi connectivity index (χ1n) is 18.6. The second-order valence-electron chi connectivity index (χ2n) is 13.3. The van der Waals surface area contributed by atoms with Gasteiger partial charge in [-0.2, -0.15) is 0 Å². The summed E-state index contributed by atoms with van der Waals surface area (Å²) in [6, 6.07) is 7.87. The number of hydrogen-bond donors (Lipinski definition) is 2. The molecule has 6 heteroatoms. The zero-order valence-corrected chi connectivity index (χ0v) is 29.1. The molecule has 0 atom stereocenters. The maximum Gasteiger partial charge on any atom is 0.211 e. The lowest BCUT2D eigenvalue weighted by molar-refractivity contribution is -0.697. The van der Waals surface area contributed by atoms with Crippen molar-refractivity contribution in [1.29, 1.82) is 0 Å². The van der Waals surface area contributed by atoms with E-state index in [9.17, 15) is 10.2 Å². The standard InChI is InChI=1S/C39H68N2O4/c1-3-5-7-9-11-13-15-17-19-21-27-40-29-23-25-37(31-40)44-35-39(33-42,34-43)36-45-38-26-24-30-41(32-38)28-22-20-18-16-14-12-10-8-6-4-2/h23-26,29-32,42-43H,3-22,27-28,33-36H2,1-2H3/q+2. The van der Waals surface area contributed by atoms with Crippen LogP contribution >= 0.6 is 0 Å². The van der Waals surface area contributed by atoms with Crippen LogP contribution in [0.3, 0.4) is 0 Å². The second-order valence-corrected chi connectivity index (χ2v) is 13.3. The molecule has 0 saturated carbocycles. The molecule has 0 spiro atoms. The predicted molar refractivity (Wildman–Crippen MR) is 185 cm³/mol. The van der Waals surface area contributed by atoms with Gasteiger partial charge in [-0.15, -0.1) is 0 Å². The monoisotopic (exact) mass is 629 g/mol. The average molecular weight is 629 g/mol. The zero-order chi connectivity index (χ0) is 32.3. The Labute approximate surface area is 276 Å². The Kier molecular flexibility index (Phi) is 22.5. The Hall–Kier alpha value is -2.18. The molecule has 2 N–H and O–H groups in total. The molecule has 2 aromatic heterocycles. The van der Waals surface area contributed by atoms with E-state index in [0.29, 0.717) is 0 Å². The van der Waals surface area contributed by atoms with Crippen molar-refractivity contribution < 1.29 is 28.8 Å². The van der Waals surface area contributed by atoms with Crippen LogP contribution in [0.15, 0.2) is 49.1 Å². The molecule has 0 aromatic carbocycles. The third-order valence-corrected chi connectivity index (χ3v) is 8.96. The fourth-order valence-electron chi connectivity index (χ4n) is 5.76. The minimum atomic E-state index is -0.894. The second kappa shape index (κ2) is 25.9. The van der Waals surface area contributed by atoms with E-state index in [-0.39, 0.29) is 26.4 Å². The first-order valence-corrected chi connectivity index (χ1v) is 18.6. The Bertz CT molecular complexity index is 892. The molecule has 0 bridgehead atoms. The lowest BCUT2D eigenvalue weighted by Crippen LogP contribution is -2.42. The van der Waals surface area contributed by atoms with Gasteiger partial charge >= 0.3 is 0 Å². The summed E-state index contributed by atoms with van der Waals surface area (Å²) in [5, 5.41) is 20.5. The van der Waals surface area contributed by atoms with Gasteiger partial charge in [-0.3, -0.25) is 0 Å². The van der Waals surface area contributed by atoms with Gasteiger partial charge in [0.15, 0.2) is 23.9 Å². The number of pyridine rings is 2. The number of aryl methyl sites for hydroxylation is 2. The van der Waals surface area contributed by atoms with Gasteiger partial charge in [-0.25, -0.2) is 9.13 Å². The summed E-state index contributed by atoms with van der Waals surface area (Å²) in [4.78, 5) is 0. The minimum absolute atomic E-state index is 0.174. The zero-order valence-electron chi connectivity index (χ0n) is 29.1. The molecule has 256 valence electrons. The highest BCUT2D eigenvalue weighted by Crippen LogP contribution is 2.21. The van der Waals surface area contributed by atoms with Crippen LogP contribution in [-0.2, 0) is 13.1 Å². The van der Waals surface area contributed by atoms with Gasteiger partial charge in [0.1, 0.15) is 26.3 Å². The summed E-state index contributed by atoms with van der Waals surface area (Å²) >= 11 is 0. The molecule has 45 heavy (non-hydrogen) atoms. The van der Waals surface area contributed by atoms with E-state index in [1.54, 1.807) is 0 Å². The first-order chi connectivity index (χ1) is 22.1.